The molecule has 20 heavy (non-hydrogen) atoms. The Kier molecular flexibility index (Phi) is 3.52. The van der Waals surface area contributed by atoms with Crippen molar-refractivity contribution in [2.24, 2.45) is 0 Å². The maximum atomic E-state index is 13.6. The van der Waals surface area contributed by atoms with Crippen LogP contribution in [0.5, 0.6) is 5.75 Å². The Labute approximate surface area is 125 Å². The van der Waals surface area contributed by atoms with Crippen LogP contribution in [-0.4, -0.2) is 5.11 Å². The highest BCUT2D eigenvalue weighted by atomic mass is 79.9. The molecule has 0 saturated carbocycles. The van der Waals surface area contributed by atoms with Gasteiger partial charge in [-0.2, -0.15) is 0 Å². The molecular weight excluding hydrogens is 323 g/mol. The summed E-state index contributed by atoms with van der Waals surface area (Å²) in [5, 5.41) is 10.3. The predicted molar refractivity (Wildman–Crippen MR) is 78.2 cm³/mol. The molecule has 0 saturated heterocycles. The van der Waals surface area contributed by atoms with Gasteiger partial charge in [0.1, 0.15) is 17.7 Å². The minimum Gasteiger partial charge on any atom is -0.485 e. The van der Waals surface area contributed by atoms with Crippen LogP contribution in [0.4, 0.5) is 4.39 Å². The van der Waals surface area contributed by atoms with Gasteiger partial charge in [0.05, 0.1) is 10.6 Å². The van der Waals surface area contributed by atoms with Crippen LogP contribution in [0.15, 0.2) is 40.9 Å². The number of hydrogen-bond acceptors (Lipinski definition) is 2. The zero-order valence-corrected chi connectivity index (χ0v) is 12.5. The van der Waals surface area contributed by atoms with E-state index < -0.39 is 6.10 Å². The Bertz CT molecular complexity index is 657. The minimum absolute atomic E-state index is 0.324. The zero-order chi connectivity index (χ0) is 14.3. The molecule has 2 aromatic carbocycles. The van der Waals surface area contributed by atoms with Gasteiger partial charge in [0.2, 0.25) is 0 Å². The molecule has 3 rings (SSSR count). The lowest BCUT2D eigenvalue weighted by atomic mass is 9.94. The Morgan fingerprint density at radius 3 is 2.80 bits per heavy atom. The summed E-state index contributed by atoms with van der Waals surface area (Å²) in [4.78, 5) is 0. The standard InChI is InChI=1S/C16H14BrFO2/c1-9-2-5-15-11(6-9)14(19)8-16(20-15)10-3-4-12(17)13(18)7-10/h2-7,14,16,19H,8H2,1H3. The quantitative estimate of drug-likeness (QED) is 0.833. The van der Waals surface area contributed by atoms with E-state index in [9.17, 15) is 9.50 Å². The number of halogens is 2. The van der Waals surface area contributed by atoms with Crippen molar-refractivity contribution in [2.75, 3.05) is 0 Å². The van der Waals surface area contributed by atoms with Crippen molar-refractivity contribution in [1.82, 2.24) is 0 Å². The molecule has 2 unspecified atom stereocenters. The van der Waals surface area contributed by atoms with Gasteiger partial charge in [0, 0.05) is 12.0 Å². The number of aryl methyl sites for hydroxylation is 1. The molecule has 0 aliphatic carbocycles. The van der Waals surface area contributed by atoms with E-state index in [1.807, 2.05) is 31.2 Å². The lowest BCUT2D eigenvalue weighted by Crippen LogP contribution is -2.19. The van der Waals surface area contributed by atoms with Crippen LogP contribution < -0.4 is 4.74 Å². The smallest absolute Gasteiger partial charge is 0.137 e. The molecule has 0 radical (unpaired) electrons. The van der Waals surface area contributed by atoms with Gasteiger partial charge in [0.15, 0.2) is 0 Å². The van der Waals surface area contributed by atoms with Gasteiger partial charge in [-0.3, -0.25) is 0 Å². The third-order valence-electron chi connectivity index (χ3n) is 3.55. The topological polar surface area (TPSA) is 29.5 Å². The zero-order valence-electron chi connectivity index (χ0n) is 10.9. The fourth-order valence-electron chi connectivity index (χ4n) is 2.48. The van der Waals surface area contributed by atoms with Gasteiger partial charge < -0.3 is 9.84 Å². The van der Waals surface area contributed by atoms with Crippen LogP contribution in [-0.2, 0) is 0 Å². The number of benzene rings is 2. The average molecular weight is 337 g/mol. The molecule has 2 aromatic rings. The Morgan fingerprint density at radius 1 is 1.25 bits per heavy atom. The van der Waals surface area contributed by atoms with Crippen molar-refractivity contribution >= 4 is 15.9 Å². The van der Waals surface area contributed by atoms with E-state index >= 15 is 0 Å². The average Bonchev–Trinajstić information content (AvgIpc) is 2.42. The number of aliphatic hydroxyl groups is 1. The van der Waals surface area contributed by atoms with Crippen LogP contribution in [0, 0.1) is 12.7 Å². The van der Waals surface area contributed by atoms with Gasteiger partial charge >= 0.3 is 0 Å². The Morgan fingerprint density at radius 2 is 2.05 bits per heavy atom. The normalized spacial score (nSPS) is 21.2. The molecule has 0 aromatic heterocycles. The highest BCUT2D eigenvalue weighted by Gasteiger charge is 2.28. The fourth-order valence-corrected chi connectivity index (χ4v) is 2.73. The molecule has 4 heteroatoms. The second-order valence-corrected chi connectivity index (χ2v) is 5.93. The van der Waals surface area contributed by atoms with Gasteiger partial charge in [-0.25, -0.2) is 4.39 Å². The van der Waals surface area contributed by atoms with E-state index in [0.717, 1.165) is 16.7 Å². The van der Waals surface area contributed by atoms with Crippen molar-refractivity contribution in [2.45, 2.75) is 25.6 Å². The molecular formula is C16H14BrFO2. The summed E-state index contributed by atoms with van der Waals surface area (Å²) < 4.78 is 19.9. The predicted octanol–water partition coefficient (Wildman–Crippen LogP) is 4.45. The first-order valence-corrected chi connectivity index (χ1v) is 7.24. The van der Waals surface area contributed by atoms with E-state index in [-0.39, 0.29) is 11.9 Å². The fraction of sp³-hybridized carbons (Fsp3) is 0.250. The van der Waals surface area contributed by atoms with Crippen molar-refractivity contribution in [3.05, 3.63) is 63.4 Å². The first-order chi connectivity index (χ1) is 9.54. The monoisotopic (exact) mass is 336 g/mol. The lowest BCUT2D eigenvalue weighted by Gasteiger charge is -2.30. The molecule has 2 nitrogen and oxygen atoms in total. The van der Waals surface area contributed by atoms with Gasteiger partial charge in [0.25, 0.3) is 0 Å². The molecule has 0 amide bonds. The summed E-state index contributed by atoms with van der Waals surface area (Å²) >= 11 is 3.13. The van der Waals surface area contributed by atoms with Gasteiger partial charge in [-0.15, -0.1) is 0 Å². The lowest BCUT2D eigenvalue weighted by molar-refractivity contribution is 0.0655. The maximum absolute atomic E-state index is 13.6. The van der Waals surface area contributed by atoms with Crippen molar-refractivity contribution < 1.29 is 14.2 Å². The van der Waals surface area contributed by atoms with Crippen LogP contribution in [0.3, 0.4) is 0 Å². The summed E-state index contributed by atoms with van der Waals surface area (Å²) in [5.74, 6) is 0.345. The number of fused-ring (bicyclic) bond motifs is 1. The molecule has 1 aliphatic rings. The third kappa shape index (κ3) is 2.45. The highest BCUT2D eigenvalue weighted by molar-refractivity contribution is 9.10. The number of hydrogen-bond donors (Lipinski definition) is 1. The van der Waals surface area contributed by atoms with E-state index in [2.05, 4.69) is 15.9 Å². The van der Waals surface area contributed by atoms with E-state index in [1.54, 1.807) is 6.07 Å². The second-order valence-electron chi connectivity index (χ2n) is 5.07. The highest BCUT2D eigenvalue weighted by Crippen LogP contribution is 2.41. The SMILES string of the molecule is Cc1ccc2c(c1)C(O)CC(c1ccc(Br)c(F)c1)O2. The maximum Gasteiger partial charge on any atom is 0.137 e. The summed E-state index contributed by atoms with van der Waals surface area (Å²) in [5.41, 5.74) is 2.62. The second kappa shape index (κ2) is 5.19. The van der Waals surface area contributed by atoms with Crippen LogP contribution in [0.25, 0.3) is 0 Å². The summed E-state index contributed by atoms with van der Waals surface area (Å²) in [6, 6.07) is 10.6. The van der Waals surface area contributed by atoms with Crippen molar-refractivity contribution in [3.63, 3.8) is 0 Å². The molecule has 1 N–H and O–H groups in total. The van der Waals surface area contributed by atoms with E-state index in [0.29, 0.717) is 16.6 Å². The molecule has 0 bridgehead atoms. The molecule has 1 aliphatic heterocycles. The summed E-state index contributed by atoms with van der Waals surface area (Å²) in [6.07, 6.45) is -0.490. The first-order valence-electron chi connectivity index (χ1n) is 6.45. The van der Waals surface area contributed by atoms with Crippen molar-refractivity contribution in [1.29, 1.82) is 0 Å². The first kappa shape index (κ1) is 13.6. The molecule has 1 heterocycles. The number of rotatable bonds is 1. The minimum atomic E-state index is -0.588. The summed E-state index contributed by atoms with van der Waals surface area (Å²) in [7, 11) is 0. The molecule has 104 valence electrons. The number of ether oxygens (including phenoxy) is 1. The third-order valence-corrected chi connectivity index (χ3v) is 4.19. The largest absolute Gasteiger partial charge is 0.485 e. The van der Waals surface area contributed by atoms with Crippen molar-refractivity contribution in [3.8, 4) is 5.75 Å². The van der Waals surface area contributed by atoms with Crippen LogP contribution in [0.1, 0.15) is 35.3 Å². The van der Waals surface area contributed by atoms with Gasteiger partial charge in [-0.1, -0.05) is 17.7 Å². The summed E-state index contributed by atoms with van der Waals surface area (Å²) in [6.45, 7) is 1.98. The molecule has 0 spiro atoms. The molecule has 0 fully saturated rings. The number of aliphatic hydroxyl groups excluding tert-OH is 1. The van der Waals surface area contributed by atoms with Crippen LogP contribution >= 0.6 is 15.9 Å². The van der Waals surface area contributed by atoms with E-state index in [1.165, 1.54) is 6.07 Å². The Hall–Kier alpha value is -1.39. The van der Waals surface area contributed by atoms with Crippen LogP contribution in [0.2, 0.25) is 0 Å². The van der Waals surface area contributed by atoms with Gasteiger partial charge in [-0.05, 0) is 52.7 Å². The molecule has 2 atom stereocenters. The van der Waals surface area contributed by atoms with E-state index in [4.69, 9.17) is 4.74 Å². The Balaban J connectivity index is 1.94.